The number of aryl methyl sites for hydroxylation is 1. The lowest BCUT2D eigenvalue weighted by Gasteiger charge is -2.17. The van der Waals surface area contributed by atoms with Crippen molar-refractivity contribution in [1.29, 1.82) is 0 Å². The predicted molar refractivity (Wildman–Crippen MR) is 126 cm³/mol. The average molecular weight is 449 g/mol. The summed E-state index contributed by atoms with van der Waals surface area (Å²) in [5.41, 5.74) is 4.85. The van der Waals surface area contributed by atoms with Crippen molar-refractivity contribution in [3.8, 4) is 16.9 Å². The molecule has 3 aromatic carbocycles. The molecule has 33 heavy (non-hydrogen) atoms. The van der Waals surface area contributed by atoms with Gasteiger partial charge in [0.2, 0.25) is 0 Å². The zero-order valence-electron chi connectivity index (χ0n) is 18.7. The average Bonchev–Trinajstić information content (AvgIpc) is 2.81. The van der Waals surface area contributed by atoms with Crippen molar-refractivity contribution in [3.63, 3.8) is 0 Å². The molecule has 0 saturated heterocycles. The second-order valence-corrected chi connectivity index (χ2v) is 8.00. The Hall–Kier alpha value is -3.64. The van der Waals surface area contributed by atoms with Crippen LogP contribution in [0.25, 0.3) is 11.1 Å². The maximum Gasteiger partial charge on any atom is 0.336 e. The van der Waals surface area contributed by atoms with Gasteiger partial charge in [-0.15, -0.1) is 0 Å². The van der Waals surface area contributed by atoms with Gasteiger partial charge in [-0.25, -0.2) is 9.59 Å². The van der Waals surface area contributed by atoms with E-state index in [1.165, 1.54) is 23.8 Å². The molecule has 0 fully saturated rings. The van der Waals surface area contributed by atoms with Crippen LogP contribution >= 0.6 is 0 Å². The van der Waals surface area contributed by atoms with Gasteiger partial charge < -0.3 is 20.1 Å². The number of hydrogen-bond acceptors (Lipinski definition) is 4. The highest BCUT2D eigenvalue weighted by Gasteiger charge is 2.17. The minimum absolute atomic E-state index is 0.175. The summed E-state index contributed by atoms with van der Waals surface area (Å²) in [4.78, 5) is 22.6. The number of benzene rings is 3. The molecule has 6 heteroatoms. The van der Waals surface area contributed by atoms with Gasteiger partial charge in [0.1, 0.15) is 12.4 Å². The van der Waals surface area contributed by atoms with Gasteiger partial charge in [0, 0.05) is 6.61 Å². The topological polar surface area (TPSA) is 104 Å². The number of carboxylic acids is 2. The smallest absolute Gasteiger partial charge is 0.336 e. The first-order valence-electron chi connectivity index (χ1n) is 10.9. The van der Waals surface area contributed by atoms with E-state index in [4.69, 9.17) is 9.84 Å². The standard InChI is InChI=1S/C27H28O6/c1-3-19(11-12-28)20-7-9-23(17(2)13-20)21-6-4-5-18(14-21)16-33-22-8-10-24(26(29)30)25(15-22)27(31)32/h4-10,13-15,19,28H,3,11-12,16H2,1-2H3,(H,29,30)(H,31,32). The summed E-state index contributed by atoms with van der Waals surface area (Å²) in [6, 6.07) is 18.2. The minimum atomic E-state index is -1.32. The van der Waals surface area contributed by atoms with Crippen LogP contribution in [0.3, 0.4) is 0 Å². The Kier molecular flexibility index (Phi) is 7.85. The van der Waals surface area contributed by atoms with Gasteiger partial charge in [-0.3, -0.25) is 0 Å². The molecular formula is C27H28O6. The van der Waals surface area contributed by atoms with Gasteiger partial charge in [-0.2, -0.15) is 0 Å². The van der Waals surface area contributed by atoms with Crippen molar-refractivity contribution in [3.05, 3.63) is 88.5 Å². The van der Waals surface area contributed by atoms with Crippen LogP contribution < -0.4 is 4.74 Å². The third kappa shape index (κ3) is 5.79. The quantitative estimate of drug-likeness (QED) is 0.378. The molecule has 0 aliphatic rings. The van der Waals surface area contributed by atoms with Gasteiger partial charge in [0.15, 0.2) is 0 Å². The van der Waals surface area contributed by atoms with Crippen LogP contribution in [0.2, 0.25) is 0 Å². The summed E-state index contributed by atoms with van der Waals surface area (Å²) >= 11 is 0. The number of carboxylic acid groups (broad SMARTS) is 2. The molecule has 0 spiro atoms. The maximum absolute atomic E-state index is 11.4. The lowest BCUT2D eigenvalue weighted by Crippen LogP contribution is -2.08. The molecule has 0 saturated carbocycles. The van der Waals surface area contributed by atoms with E-state index in [1.807, 2.05) is 24.3 Å². The summed E-state index contributed by atoms with van der Waals surface area (Å²) in [7, 11) is 0. The Morgan fingerprint density at radius 1 is 0.939 bits per heavy atom. The van der Waals surface area contributed by atoms with Crippen molar-refractivity contribution < 1.29 is 29.6 Å². The third-order valence-corrected chi connectivity index (χ3v) is 5.79. The fourth-order valence-electron chi connectivity index (χ4n) is 4.00. The Balaban J connectivity index is 1.79. The molecule has 0 amide bonds. The third-order valence-electron chi connectivity index (χ3n) is 5.79. The molecule has 3 aromatic rings. The van der Waals surface area contributed by atoms with Crippen LogP contribution in [0.4, 0.5) is 0 Å². The highest BCUT2D eigenvalue weighted by molar-refractivity contribution is 6.02. The summed E-state index contributed by atoms with van der Waals surface area (Å²) in [6.07, 6.45) is 1.72. The van der Waals surface area contributed by atoms with E-state index in [1.54, 1.807) is 0 Å². The normalized spacial score (nSPS) is 11.7. The highest BCUT2D eigenvalue weighted by Crippen LogP contribution is 2.30. The van der Waals surface area contributed by atoms with E-state index in [0.717, 1.165) is 35.1 Å². The molecule has 3 N–H and O–H groups in total. The molecule has 0 aromatic heterocycles. The molecule has 1 unspecified atom stereocenters. The molecule has 6 nitrogen and oxygen atoms in total. The SMILES string of the molecule is CCC(CCO)c1ccc(-c2cccc(COc3ccc(C(=O)O)c(C(=O)O)c3)c2)c(C)c1. The number of aliphatic hydroxyl groups is 1. The number of rotatable bonds is 10. The van der Waals surface area contributed by atoms with E-state index in [-0.39, 0.29) is 30.1 Å². The highest BCUT2D eigenvalue weighted by atomic mass is 16.5. The first-order valence-corrected chi connectivity index (χ1v) is 10.9. The molecule has 172 valence electrons. The van der Waals surface area contributed by atoms with Gasteiger partial charge in [-0.1, -0.05) is 43.3 Å². The Morgan fingerprint density at radius 2 is 1.70 bits per heavy atom. The number of hydrogen-bond donors (Lipinski definition) is 3. The molecule has 0 bridgehead atoms. The monoisotopic (exact) mass is 448 g/mol. The van der Waals surface area contributed by atoms with Crippen LogP contribution in [-0.4, -0.2) is 33.9 Å². The van der Waals surface area contributed by atoms with E-state index >= 15 is 0 Å². The molecule has 1 atom stereocenters. The molecule has 0 aliphatic carbocycles. The van der Waals surface area contributed by atoms with Crippen molar-refractivity contribution in [2.75, 3.05) is 6.61 Å². The second-order valence-electron chi connectivity index (χ2n) is 8.00. The first-order chi connectivity index (χ1) is 15.8. The Bertz CT molecular complexity index is 1150. The van der Waals surface area contributed by atoms with Crippen LogP contribution in [0.15, 0.2) is 60.7 Å². The van der Waals surface area contributed by atoms with Crippen LogP contribution in [0.1, 0.15) is 63.1 Å². The summed E-state index contributed by atoms with van der Waals surface area (Å²) < 4.78 is 5.75. The summed E-state index contributed by atoms with van der Waals surface area (Å²) in [5.74, 6) is -1.98. The second kappa shape index (κ2) is 10.8. The molecule has 0 heterocycles. The fourth-order valence-corrected chi connectivity index (χ4v) is 4.00. The van der Waals surface area contributed by atoms with Crippen LogP contribution in [0.5, 0.6) is 5.75 Å². The van der Waals surface area contributed by atoms with E-state index < -0.39 is 11.9 Å². The minimum Gasteiger partial charge on any atom is -0.489 e. The van der Waals surface area contributed by atoms with Crippen molar-refractivity contribution in [1.82, 2.24) is 0 Å². The largest absolute Gasteiger partial charge is 0.489 e. The Morgan fingerprint density at radius 3 is 2.33 bits per heavy atom. The van der Waals surface area contributed by atoms with Crippen molar-refractivity contribution >= 4 is 11.9 Å². The number of aromatic carboxylic acids is 2. The zero-order chi connectivity index (χ0) is 24.0. The summed E-state index contributed by atoms with van der Waals surface area (Å²) in [6.45, 7) is 4.59. The molecule has 0 aliphatic heterocycles. The Labute approximate surface area is 193 Å². The summed E-state index contributed by atoms with van der Waals surface area (Å²) in [5, 5.41) is 27.7. The lowest BCUT2D eigenvalue weighted by atomic mass is 9.89. The molecular weight excluding hydrogens is 420 g/mol. The fraction of sp³-hybridized carbons (Fsp3) is 0.259. The van der Waals surface area contributed by atoms with Gasteiger partial charge >= 0.3 is 11.9 Å². The number of ether oxygens (including phenoxy) is 1. The van der Waals surface area contributed by atoms with Crippen molar-refractivity contribution in [2.45, 2.75) is 39.2 Å². The van der Waals surface area contributed by atoms with Gasteiger partial charge in [0.05, 0.1) is 11.1 Å². The van der Waals surface area contributed by atoms with E-state index in [0.29, 0.717) is 5.92 Å². The lowest BCUT2D eigenvalue weighted by molar-refractivity contribution is 0.0651. The van der Waals surface area contributed by atoms with E-state index in [2.05, 4.69) is 32.0 Å². The molecule has 0 radical (unpaired) electrons. The van der Waals surface area contributed by atoms with E-state index in [9.17, 15) is 19.8 Å². The zero-order valence-corrected chi connectivity index (χ0v) is 18.7. The number of aliphatic hydroxyl groups excluding tert-OH is 1. The first kappa shape index (κ1) is 24.0. The van der Waals surface area contributed by atoms with Crippen LogP contribution in [0, 0.1) is 6.92 Å². The molecule has 3 rings (SSSR count). The number of carbonyl (C=O) groups is 2. The predicted octanol–water partition coefficient (Wildman–Crippen LogP) is 5.51. The van der Waals surface area contributed by atoms with Gasteiger partial charge in [0.25, 0.3) is 0 Å². The van der Waals surface area contributed by atoms with Crippen molar-refractivity contribution in [2.24, 2.45) is 0 Å². The maximum atomic E-state index is 11.4. The van der Waals surface area contributed by atoms with Crippen LogP contribution in [-0.2, 0) is 6.61 Å². The van der Waals surface area contributed by atoms with Gasteiger partial charge in [-0.05, 0) is 77.8 Å².